The summed E-state index contributed by atoms with van der Waals surface area (Å²) in [5.74, 6) is -0.748. The Kier molecular flexibility index (Phi) is 6.48. The molecule has 1 amide bonds. The number of aryl methyl sites for hydroxylation is 1. The van der Waals surface area contributed by atoms with Crippen molar-refractivity contribution in [1.82, 2.24) is 4.98 Å². The molecule has 0 saturated heterocycles. The van der Waals surface area contributed by atoms with Gasteiger partial charge in [0.25, 0.3) is 10.0 Å². The molecular weight excluding hydrogens is 449 g/mol. The monoisotopic (exact) mass is 469 g/mol. The number of nitrogens with zero attached hydrogens (tertiary/aromatic N) is 1. The van der Waals surface area contributed by atoms with Gasteiger partial charge in [-0.3, -0.25) is 9.52 Å². The average molecular weight is 470 g/mol. The zero-order valence-electron chi connectivity index (χ0n) is 16.9. The molecule has 164 valence electrons. The second kappa shape index (κ2) is 9.46. The van der Waals surface area contributed by atoms with Gasteiger partial charge in [0.05, 0.1) is 31.5 Å². The number of carbonyl (C=O) groups excluding carboxylic acids is 1. The largest absolute Gasteiger partial charge is 0.324 e. The van der Waals surface area contributed by atoms with Crippen LogP contribution in [0.3, 0.4) is 0 Å². The van der Waals surface area contributed by atoms with Gasteiger partial charge in [0.15, 0.2) is 0 Å². The fourth-order valence-corrected chi connectivity index (χ4v) is 5.23. The van der Waals surface area contributed by atoms with Crippen molar-refractivity contribution in [3.63, 3.8) is 0 Å². The minimum atomic E-state index is -3.93. The van der Waals surface area contributed by atoms with Crippen molar-refractivity contribution in [2.45, 2.75) is 24.2 Å². The molecule has 0 fully saturated rings. The van der Waals surface area contributed by atoms with Crippen molar-refractivity contribution >= 4 is 48.9 Å². The Morgan fingerprint density at radius 1 is 0.938 bits per heavy atom. The average Bonchev–Trinajstić information content (AvgIpc) is 3.18. The third-order valence-corrected chi connectivity index (χ3v) is 7.18. The molecule has 0 bridgehead atoms. The molecule has 4 rings (SSSR count). The molecule has 32 heavy (non-hydrogen) atoms. The zero-order chi connectivity index (χ0) is 22.6. The summed E-state index contributed by atoms with van der Waals surface area (Å²) >= 11 is 1.62. The number of amides is 1. The molecule has 0 spiro atoms. The molecule has 0 saturated carbocycles. The highest BCUT2D eigenvalue weighted by Gasteiger charge is 2.17. The first-order chi connectivity index (χ1) is 15.4. The molecule has 1 heterocycles. The van der Waals surface area contributed by atoms with E-state index in [1.165, 1.54) is 12.1 Å². The van der Waals surface area contributed by atoms with Gasteiger partial charge >= 0.3 is 0 Å². The fraction of sp³-hybridized carbons (Fsp3) is 0.130. The lowest BCUT2D eigenvalue weighted by atomic mass is 10.2. The third kappa shape index (κ3) is 5.30. The number of sulfonamides is 1. The first-order valence-electron chi connectivity index (χ1n) is 9.92. The molecule has 1 aromatic heterocycles. The van der Waals surface area contributed by atoms with Crippen LogP contribution in [0.15, 0.2) is 77.7 Å². The minimum Gasteiger partial charge on any atom is -0.324 e. The lowest BCUT2D eigenvalue weighted by molar-refractivity contribution is -0.116. The SMILES string of the molecule is O=C(CCCc1nc2ccccc2s1)Nc1ccccc1NS(=O)(=O)c1ccc(F)cc1. The normalized spacial score (nSPS) is 11.4. The van der Waals surface area contributed by atoms with Gasteiger partial charge in [-0.1, -0.05) is 24.3 Å². The van der Waals surface area contributed by atoms with Gasteiger partial charge in [0, 0.05) is 6.42 Å². The van der Waals surface area contributed by atoms with Crippen LogP contribution in [0.2, 0.25) is 0 Å². The Hall–Kier alpha value is -3.30. The number of anilines is 2. The number of carbonyl (C=O) groups is 1. The van der Waals surface area contributed by atoms with Crippen LogP contribution in [0.5, 0.6) is 0 Å². The highest BCUT2D eigenvalue weighted by atomic mass is 32.2. The van der Waals surface area contributed by atoms with Crippen molar-refractivity contribution in [2.75, 3.05) is 10.0 Å². The summed E-state index contributed by atoms with van der Waals surface area (Å²) < 4.78 is 41.9. The van der Waals surface area contributed by atoms with Crippen LogP contribution in [-0.4, -0.2) is 19.3 Å². The Bertz CT molecular complexity index is 1320. The molecule has 0 radical (unpaired) electrons. The van der Waals surface area contributed by atoms with Gasteiger partial charge in [-0.15, -0.1) is 11.3 Å². The lowest BCUT2D eigenvalue weighted by Gasteiger charge is -2.13. The summed E-state index contributed by atoms with van der Waals surface area (Å²) in [5, 5.41) is 3.74. The highest BCUT2D eigenvalue weighted by molar-refractivity contribution is 7.92. The van der Waals surface area contributed by atoms with Crippen LogP contribution >= 0.6 is 11.3 Å². The summed E-state index contributed by atoms with van der Waals surface area (Å²) in [5.41, 5.74) is 1.54. The zero-order valence-corrected chi connectivity index (χ0v) is 18.5. The third-order valence-electron chi connectivity index (χ3n) is 4.70. The van der Waals surface area contributed by atoms with Crippen LogP contribution in [0, 0.1) is 5.82 Å². The second-order valence-electron chi connectivity index (χ2n) is 7.08. The number of aromatic nitrogens is 1. The Balaban J connectivity index is 1.37. The van der Waals surface area contributed by atoms with E-state index in [0.29, 0.717) is 18.5 Å². The number of hydrogen-bond acceptors (Lipinski definition) is 5. The number of para-hydroxylation sites is 3. The van der Waals surface area contributed by atoms with E-state index in [1.807, 2.05) is 24.3 Å². The summed E-state index contributed by atoms with van der Waals surface area (Å²) in [6.07, 6.45) is 1.58. The standard InChI is InChI=1S/C23H20FN3O3S2/c24-16-12-14-17(15-13-16)32(29,30)27-19-7-2-1-6-18(19)25-22(28)10-5-11-23-26-20-8-3-4-9-21(20)31-23/h1-4,6-9,12-15,27H,5,10-11H2,(H,25,28). The van der Waals surface area contributed by atoms with Gasteiger partial charge in [-0.05, 0) is 61.4 Å². The number of fused-ring (bicyclic) bond motifs is 1. The Morgan fingerprint density at radius 2 is 1.62 bits per heavy atom. The van der Waals surface area contributed by atoms with Gasteiger partial charge in [0.1, 0.15) is 5.82 Å². The minimum absolute atomic E-state index is 0.0733. The van der Waals surface area contributed by atoms with E-state index in [9.17, 15) is 17.6 Å². The number of hydrogen-bond donors (Lipinski definition) is 2. The van der Waals surface area contributed by atoms with Gasteiger partial charge in [0.2, 0.25) is 5.91 Å². The Morgan fingerprint density at radius 3 is 2.38 bits per heavy atom. The van der Waals surface area contributed by atoms with E-state index in [-0.39, 0.29) is 22.9 Å². The Labute approximate surface area is 189 Å². The first kappa shape index (κ1) is 21.9. The van der Waals surface area contributed by atoms with E-state index in [0.717, 1.165) is 27.4 Å². The summed E-state index contributed by atoms with van der Waals surface area (Å²) in [7, 11) is -3.93. The molecule has 2 N–H and O–H groups in total. The molecule has 0 aliphatic heterocycles. The van der Waals surface area contributed by atoms with Crippen molar-refractivity contribution < 1.29 is 17.6 Å². The lowest BCUT2D eigenvalue weighted by Crippen LogP contribution is -2.17. The number of thiazole rings is 1. The van der Waals surface area contributed by atoms with Crippen LogP contribution in [0.1, 0.15) is 17.8 Å². The molecular formula is C23H20FN3O3S2. The van der Waals surface area contributed by atoms with Crippen molar-refractivity contribution in [3.05, 3.63) is 83.6 Å². The van der Waals surface area contributed by atoms with Crippen molar-refractivity contribution in [2.24, 2.45) is 0 Å². The van der Waals surface area contributed by atoms with E-state index in [4.69, 9.17) is 0 Å². The van der Waals surface area contributed by atoms with Crippen LogP contribution < -0.4 is 10.0 Å². The van der Waals surface area contributed by atoms with Gasteiger partial charge in [-0.25, -0.2) is 17.8 Å². The molecule has 3 aromatic carbocycles. The van der Waals surface area contributed by atoms with Gasteiger partial charge < -0.3 is 5.32 Å². The van der Waals surface area contributed by atoms with Crippen molar-refractivity contribution in [3.8, 4) is 0 Å². The fourth-order valence-electron chi connectivity index (χ4n) is 3.14. The van der Waals surface area contributed by atoms with E-state index < -0.39 is 15.8 Å². The molecule has 0 aliphatic rings. The molecule has 0 aliphatic carbocycles. The quantitative estimate of drug-likeness (QED) is 0.371. The van der Waals surface area contributed by atoms with Crippen LogP contribution in [0.25, 0.3) is 10.2 Å². The maximum atomic E-state index is 13.1. The highest BCUT2D eigenvalue weighted by Crippen LogP contribution is 2.26. The smallest absolute Gasteiger partial charge is 0.261 e. The number of benzene rings is 3. The molecule has 6 nitrogen and oxygen atoms in total. The molecule has 0 unspecified atom stereocenters. The van der Waals surface area contributed by atoms with E-state index >= 15 is 0 Å². The maximum Gasteiger partial charge on any atom is 0.261 e. The predicted molar refractivity (Wildman–Crippen MR) is 125 cm³/mol. The molecule has 0 atom stereocenters. The topological polar surface area (TPSA) is 88.2 Å². The first-order valence-corrected chi connectivity index (χ1v) is 12.2. The summed E-state index contributed by atoms with van der Waals surface area (Å²) in [6.45, 7) is 0. The summed E-state index contributed by atoms with van der Waals surface area (Å²) in [6, 6.07) is 19.0. The van der Waals surface area contributed by atoms with Gasteiger partial charge in [-0.2, -0.15) is 0 Å². The summed E-state index contributed by atoms with van der Waals surface area (Å²) in [4.78, 5) is 16.9. The van der Waals surface area contributed by atoms with E-state index in [1.54, 1.807) is 35.6 Å². The maximum absolute atomic E-state index is 13.1. The predicted octanol–water partition coefficient (Wildman–Crippen LogP) is 5.20. The molecule has 9 heteroatoms. The van der Waals surface area contributed by atoms with Crippen molar-refractivity contribution in [1.29, 1.82) is 0 Å². The molecule has 4 aromatic rings. The van der Waals surface area contributed by atoms with Crippen LogP contribution in [-0.2, 0) is 21.2 Å². The number of halogens is 1. The second-order valence-corrected chi connectivity index (χ2v) is 9.88. The number of nitrogens with one attached hydrogen (secondary N) is 2. The number of rotatable bonds is 8. The van der Waals surface area contributed by atoms with E-state index in [2.05, 4.69) is 15.0 Å². The van der Waals surface area contributed by atoms with Crippen LogP contribution in [0.4, 0.5) is 15.8 Å².